The third-order valence-electron chi connectivity index (χ3n) is 5.88. The lowest BCUT2D eigenvalue weighted by molar-refractivity contribution is -0.211. The van der Waals surface area contributed by atoms with Crippen LogP contribution in [0, 0.1) is 0 Å². The summed E-state index contributed by atoms with van der Waals surface area (Å²) in [6.45, 7) is 6.96. The van der Waals surface area contributed by atoms with E-state index in [9.17, 15) is 18.0 Å². The van der Waals surface area contributed by atoms with Gasteiger partial charge in [0.05, 0.1) is 24.5 Å². The smallest absolute Gasteiger partial charge is 0.379 e. The number of nitrogens with zero attached hydrogens (tertiary/aromatic N) is 2. The van der Waals surface area contributed by atoms with Crippen molar-refractivity contribution in [3.05, 3.63) is 64.2 Å². The summed E-state index contributed by atoms with van der Waals surface area (Å²) in [6.07, 6.45) is -2.70. The van der Waals surface area contributed by atoms with Crippen LogP contribution in [0.1, 0.15) is 42.0 Å². The van der Waals surface area contributed by atoms with Crippen molar-refractivity contribution in [2.75, 3.05) is 26.3 Å². The lowest BCUT2D eigenvalue weighted by Crippen LogP contribution is -2.35. The fourth-order valence-corrected chi connectivity index (χ4v) is 6.10. The molecular formula is C27H29F3N2O4S2. The number of aromatic nitrogens is 1. The molecule has 0 bridgehead atoms. The van der Waals surface area contributed by atoms with Gasteiger partial charge in [-0.3, -0.25) is 14.7 Å². The minimum absolute atomic E-state index is 0.516. The Labute approximate surface area is 228 Å². The fraction of sp³-hybridized carbons (Fsp3) is 0.407. The summed E-state index contributed by atoms with van der Waals surface area (Å²) >= 11 is 3.16. The zero-order chi connectivity index (χ0) is 27.1. The summed E-state index contributed by atoms with van der Waals surface area (Å²) in [6, 6.07) is 10.9. The van der Waals surface area contributed by atoms with E-state index >= 15 is 0 Å². The topological polar surface area (TPSA) is 60.9 Å². The maximum absolute atomic E-state index is 13.0. The first-order valence-corrected chi connectivity index (χ1v) is 14.1. The molecule has 1 saturated heterocycles. The Morgan fingerprint density at radius 3 is 2.55 bits per heavy atom. The Morgan fingerprint density at radius 2 is 1.89 bits per heavy atom. The number of hydrogen-bond donors (Lipinski definition) is 0. The van der Waals surface area contributed by atoms with Gasteiger partial charge in [0.15, 0.2) is 5.75 Å². The van der Waals surface area contributed by atoms with Crippen LogP contribution < -0.4 is 4.89 Å². The molecule has 0 radical (unpaired) electrons. The first-order valence-electron chi connectivity index (χ1n) is 12.3. The number of carbonyl (C=O) groups is 1. The van der Waals surface area contributed by atoms with Crippen LogP contribution in [0.25, 0.3) is 10.6 Å². The van der Waals surface area contributed by atoms with Crippen LogP contribution in [0.4, 0.5) is 13.2 Å². The van der Waals surface area contributed by atoms with E-state index in [1.54, 1.807) is 17.8 Å². The maximum Gasteiger partial charge on any atom is 0.416 e. The van der Waals surface area contributed by atoms with E-state index in [2.05, 4.69) is 11.8 Å². The number of hydrogen-bond acceptors (Lipinski definition) is 8. The molecule has 0 aliphatic carbocycles. The molecule has 0 atom stereocenters. The molecule has 0 unspecified atom stereocenters. The van der Waals surface area contributed by atoms with E-state index in [-0.39, 0.29) is 0 Å². The molecule has 2 aromatic carbocycles. The highest BCUT2D eigenvalue weighted by Gasteiger charge is 2.30. The van der Waals surface area contributed by atoms with Gasteiger partial charge in [-0.25, -0.2) is 9.78 Å². The van der Waals surface area contributed by atoms with Crippen molar-refractivity contribution < 1.29 is 32.5 Å². The summed E-state index contributed by atoms with van der Waals surface area (Å²) in [5.74, 6) is 0.655. The third kappa shape index (κ3) is 7.72. The van der Waals surface area contributed by atoms with Crippen molar-refractivity contribution in [2.45, 2.75) is 50.1 Å². The van der Waals surface area contributed by atoms with Crippen molar-refractivity contribution in [3.63, 3.8) is 0 Å². The molecule has 4 rings (SSSR count). The number of morpholine rings is 1. The maximum atomic E-state index is 13.0. The molecule has 38 heavy (non-hydrogen) atoms. The van der Waals surface area contributed by atoms with Gasteiger partial charge in [0, 0.05) is 53.2 Å². The number of carbonyl (C=O) groups excluding carboxylic acids is 1. The summed E-state index contributed by atoms with van der Waals surface area (Å²) in [5.41, 5.74) is 1.87. The van der Waals surface area contributed by atoms with Gasteiger partial charge >= 0.3 is 12.1 Å². The highest BCUT2D eigenvalue weighted by molar-refractivity contribution is 7.98. The molecule has 2 heterocycles. The zero-order valence-electron chi connectivity index (χ0n) is 21.2. The molecule has 1 aliphatic rings. The summed E-state index contributed by atoms with van der Waals surface area (Å²) in [5, 5.41) is 0.703. The van der Waals surface area contributed by atoms with Crippen molar-refractivity contribution in [1.82, 2.24) is 9.88 Å². The predicted octanol–water partition coefficient (Wildman–Crippen LogP) is 6.76. The van der Waals surface area contributed by atoms with E-state index in [1.807, 2.05) is 12.1 Å². The van der Waals surface area contributed by atoms with Crippen LogP contribution in [0.3, 0.4) is 0 Å². The van der Waals surface area contributed by atoms with E-state index in [0.29, 0.717) is 41.8 Å². The molecule has 3 aromatic rings. The molecule has 1 aliphatic heterocycles. The lowest BCUT2D eigenvalue weighted by Gasteiger charge is -2.26. The summed E-state index contributed by atoms with van der Waals surface area (Å²) < 4.78 is 44.6. The monoisotopic (exact) mass is 566 g/mol. The molecule has 0 amide bonds. The van der Waals surface area contributed by atoms with Crippen LogP contribution in [0.5, 0.6) is 5.75 Å². The second-order valence-corrected chi connectivity index (χ2v) is 11.0. The normalized spacial score (nSPS) is 14.4. The average Bonchev–Trinajstić information content (AvgIpc) is 3.29. The molecule has 11 heteroatoms. The van der Waals surface area contributed by atoms with Crippen LogP contribution >= 0.6 is 23.1 Å². The number of ether oxygens (including phenoxy) is 1. The first-order chi connectivity index (χ1) is 18.2. The molecule has 1 fully saturated rings. The molecule has 0 spiro atoms. The number of rotatable bonds is 10. The van der Waals surface area contributed by atoms with E-state index in [0.717, 1.165) is 59.1 Å². The average molecular weight is 567 g/mol. The Kier molecular flexibility index (Phi) is 9.69. The van der Waals surface area contributed by atoms with Gasteiger partial charge in [-0.1, -0.05) is 25.5 Å². The Balaban J connectivity index is 1.55. The third-order valence-corrected chi connectivity index (χ3v) is 8.23. The van der Waals surface area contributed by atoms with Gasteiger partial charge in [-0.15, -0.1) is 23.1 Å². The second kappa shape index (κ2) is 13.0. The Hall–Kier alpha value is -2.60. The van der Waals surface area contributed by atoms with Crippen molar-refractivity contribution >= 4 is 29.1 Å². The van der Waals surface area contributed by atoms with Crippen molar-refractivity contribution in [3.8, 4) is 16.3 Å². The second-order valence-electron chi connectivity index (χ2n) is 8.82. The van der Waals surface area contributed by atoms with Crippen LogP contribution in [-0.2, 0) is 39.3 Å². The standard InChI is InChI=1S/C27H29F3N2O4S2/c1-3-4-20-15-22(9-10-24(20)36-35-18(2)33)37-17-25-23(16-32-11-13-34-14-12-32)31-26(38-25)19-5-7-21(8-6-19)27(28,29)30/h5-10,15H,3-4,11-14,16-17H2,1-2H3. The number of thiazole rings is 1. The number of aryl methyl sites for hydroxylation is 1. The van der Waals surface area contributed by atoms with Gasteiger partial charge in [-0.2, -0.15) is 13.2 Å². The van der Waals surface area contributed by atoms with Crippen LogP contribution in [0.15, 0.2) is 47.4 Å². The quantitative estimate of drug-likeness (QED) is 0.153. The van der Waals surface area contributed by atoms with Crippen molar-refractivity contribution in [2.24, 2.45) is 0 Å². The number of alkyl halides is 3. The molecular weight excluding hydrogens is 537 g/mol. The highest BCUT2D eigenvalue weighted by atomic mass is 32.2. The van der Waals surface area contributed by atoms with Crippen molar-refractivity contribution in [1.29, 1.82) is 0 Å². The minimum Gasteiger partial charge on any atom is -0.379 e. The predicted molar refractivity (Wildman–Crippen MR) is 141 cm³/mol. The minimum atomic E-state index is -4.37. The number of benzene rings is 2. The molecule has 0 saturated carbocycles. The fourth-order valence-electron chi connectivity index (χ4n) is 3.96. The Morgan fingerprint density at radius 1 is 1.16 bits per heavy atom. The molecule has 0 N–H and O–H groups in total. The summed E-state index contributed by atoms with van der Waals surface area (Å²) in [7, 11) is 0. The van der Waals surface area contributed by atoms with E-state index < -0.39 is 17.7 Å². The first kappa shape index (κ1) is 28.4. The van der Waals surface area contributed by atoms with E-state index in [1.165, 1.54) is 30.4 Å². The van der Waals surface area contributed by atoms with Gasteiger partial charge in [0.25, 0.3) is 0 Å². The highest BCUT2D eigenvalue weighted by Crippen LogP contribution is 2.36. The Bertz CT molecular complexity index is 1230. The zero-order valence-corrected chi connectivity index (χ0v) is 22.8. The van der Waals surface area contributed by atoms with Gasteiger partial charge in [0.2, 0.25) is 0 Å². The van der Waals surface area contributed by atoms with Crippen LogP contribution in [-0.4, -0.2) is 42.2 Å². The molecule has 1 aromatic heterocycles. The molecule has 6 nitrogen and oxygen atoms in total. The SMILES string of the molecule is CCCc1cc(SCc2sc(-c3ccc(C(F)(F)F)cc3)nc2CN2CCOCC2)ccc1OOC(C)=O. The number of halogens is 3. The lowest BCUT2D eigenvalue weighted by atomic mass is 10.1. The number of thioether (sulfide) groups is 1. The van der Waals surface area contributed by atoms with Crippen LogP contribution in [0.2, 0.25) is 0 Å². The van der Waals surface area contributed by atoms with E-state index in [4.69, 9.17) is 19.5 Å². The molecule has 204 valence electrons. The van der Waals surface area contributed by atoms with Gasteiger partial charge in [-0.05, 0) is 36.8 Å². The largest absolute Gasteiger partial charge is 0.416 e. The van der Waals surface area contributed by atoms with Gasteiger partial charge in [0.1, 0.15) is 5.01 Å². The summed E-state index contributed by atoms with van der Waals surface area (Å²) in [4.78, 5) is 30.3. The van der Waals surface area contributed by atoms with Gasteiger partial charge < -0.3 is 4.74 Å².